The maximum Gasteiger partial charge on any atom is 0.329 e. The lowest BCUT2D eigenvalue weighted by Gasteiger charge is -2.12. The molecule has 128 valence electrons. The van der Waals surface area contributed by atoms with Crippen LogP contribution in [0.4, 0.5) is 0 Å². The first-order valence-electron chi connectivity index (χ1n) is 8.29. The van der Waals surface area contributed by atoms with Crippen LogP contribution in [0.5, 0.6) is 5.75 Å². The fourth-order valence-electron chi connectivity index (χ4n) is 3.31. The topological polar surface area (TPSA) is 65.3 Å². The highest BCUT2D eigenvalue weighted by molar-refractivity contribution is 5.80. The monoisotopic (exact) mass is 337 g/mol. The van der Waals surface area contributed by atoms with E-state index in [1.54, 1.807) is 11.6 Å². The summed E-state index contributed by atoms with van der Waals surface area (Å²) in [5.74, 6) is 0.685. The van der Waals surface area contributed by atoms with E-state index < -0.39 is 0 Å². The normalized spacial score (nSPS) is 15.8. The van der Waals surface area contributed by atoms with Crippen molar-refractivity contribution < 1.29 is 9.53 Å². The van der Waals surface area contributed by atoms with Crippen LogP contribution in [0, 0.1) is 0 Å². The minimum atomic E-state index is -0.196. The van der Waals surface area contributed by atoms with Gasteiger partial charge < -0.3 is 10.1 Å². The number of carbonyl (C=O) groups excluding carboxylic acids is 1. The Morgan fingerprint density at radius 3 is 2.68 bits per heavy atom. The summed E-state index contributed by atoms with van der Waals surface area (Å²) in [6.45, 7) is 0.423. The van der Waals surface area contributed by atoms with Gasteiger partial charge in [-0.05, 0) is 23.8 Å². The number of carbonyl (C=O) groups is 1. The van der Waals surface area contributed by atoms with E-state index >= 15 is 0 Å². The van der Waals surface area contributed by atoms with E-state index in [4.69, 9.17) is 4.74 Å². The smallest absolute Gasteiger partial charge is 0.329 e. The van der Waals surface area contributed by atoms with E-state index in [0.29, 0.717) is 6.54 Å². The minimum absolute atomic E-state index is 0.000144. The molecule has 2 heterocycles. The van der Waals surface area contributed by atoms with Crippen LogP contribution in [0.25, 0.3) is 11.0 Å². The van der Waals surface area contributed by atoms with E-state index in [1.807, 2.05) is 48.5 Å². The molecule has 2 aromatic carbocycles. The van der Waals surface area contributed by atoms with Gasteiger partial charge in [0.2, 0.25) is 5.91 Å². The van der Waals surface area contributed by atoms with Crippen molar-refractivity contribution in [3.05, 3.63) is 64.6 Å². The van der Waals surface area contributed by atoms with E-state index in [0.717, 1.165) is 28.8 Å². The highest BCUT2D eigenvalue weighted by Gasteiger charge is 2.23. The van der Waals surface area contributed by atoms with Crippen LogP contribution in [0.15, 0.2) is 53.3 Å². The van der Waals surface area contributed by atoms with Gasteiger partial charge in [0.25, 0.3) is 0 Å². The number of fused-ring (bicyclic) bond motifs is 2. The summed E-state index contributed by atoms with van der Waals surface area (Å²) >= 11 is 0. The molecule has 1 atom stereocenters. The zero-order chi connectivity index (χ0) is 17.4. The molecule has 1 unspecified atom stereocenters. The van der Waals surface area contributed by atoms with Gasteiger partial charge in [0.05, 0.1) is 17.6 Å². The first-order chi connectivity index (χ1) is 12.1. The Labute approximate surface area is 144 Å². The van der Waals surface area contributed by atoms with Gasteiger partial charge in [0.15, 0.2) is 0 Å². The SMILES string of the molecule is Cn1c(=O)n(CC(=O)NCC2Cc3ccccc3O2)c2ccccc21. The zero-order valence-corrected chi connectivity index (χ0v) is 13.9. The van der Waals surface area contributed by atoms with Gasteiger partial charge in [-0.15, -0.1) is 0 Å². The summed E-state index contributed by atoms with van der Waals surface area (Å²) in [4.78, 5) is 24.7. The van der Waals surface area contributed by atoms with Crippen molar-refractivity contribution in [2.24, 2.45) is 7.05 Å². The van der Waals surface area contributed by atoms with E-state index in [1.165, 1.54) is 4.57 Å². The van der Waals surface area contributed by atoms with E-state index in [9.17, 15) is 9.59 Å². The Morgan fingerprint density at radius 1 is 1.16 bits per heavy atom. The quantitative estimate of drug-likeness (QED) is 0.784. The lowest BCUT2D eigenvalue weighted by atomic mass is 10.1. The molecule has 0 aliphatic carbocycles. The molecule has 0 radical (unpaired) electrons. The van der Waals surface area contributed by atoms with Crippen LogP contribution >= 0.6 is 0 Å². The standard InChI is InChI=1S/C19H19N3O3/c1-21-15-7-3-4-8-16(15)22(19(21)24)12-18(23)20-11-14-10-13-6-2-5-9-17(13)25-14/h2-9,14H,10-12H2,1H3,(H,20,23). The fourth-order valence-corrected chi connectivity index (χ4v) is 3.31. The van der Waals surface area contributed by atoms with Crippen molar-refractivity contribution in [2.75, 3.05) is 6.54 Å². The molecule has 0 saturated carbocycles. The molecule has 6 heteroatoms. The molecule has 1 amide bonds. The summed E-state index contributed by atoms with van der Waals surface area (Å²) in [6.07, 6.45) is 0.718. The molecule has 1 N–H and O–H groups in total. The van der Waals surface area contributed by atoms with Crippen molar-refractivity contribution in [2.45, 2.75) is 19.1 Å². The number of nitrogens with one attached hydrogen (secondary N) is 1. The number of rotatable bonds is 4. The van der Waals surface area contributed by atoms with Crippen molar-refractivity contribution in [3.63, 3.8) is 0 Å². The average Bonchev–Trinajstić information content (AvgIpc) is 3.15. The number of aryl methyl sites for hydroxylation is 1. The number of hydrogen-bond acceptors (Lipinski definition) is 3. The average molecular weight is 337 g/mol. The van der Waals surface area contributed by atoms with Gasteiger partial charge in [-0.3, -0.25) is 13.9 Å². The molecule has 3 aromatic rings. The van der Waals surface area contributed by atoms with Crippen molar-refractivity contribution in [3.8, 4) is 5.75 Å². The zero-order valence-electron chi connectivity index (χ0n) is 13.9. The highest BCUT2D eigenvalue weighted by Crippen LogP contribution is 2.27. The Bertz CT molecular complexity index is 978. The summed E-state index contributed by atoms with van der Waals surface area (Å²) in [5, 5.41) is 2.88. The van der Waals surface area contributed by atoms with Crippen LogP contribution in [-0.4, -0.2) is 27.7 Å². The maximum atomic E-state index is 12.4. The number of imidazole rings is 1. The van der Waals surface area contributed by atoms with Gasteiger partial charge in [0.1, 0.15) is 18.4 Å². The molecule has 0 fully saturated rings. The van der Waals surface area contributed by atoms with Crippen molar-refractivity contribution in [1.82, 2.24) is 14.5 Å². The molecule has 0 bridgehead atoms. The van der Waals surface area contributed by atoms with Crippen molar-refractivity contribution in [1.29, 1.82) is 0 Å². The molecule has 1 aromatic heterocycles. The first-order valence-corrected chi connectivity index (χ1v) is 8.29. The molecule has 6 nitrogen and oxygen atoms in total. The third kappa shape index (κ3) is 2.80. The van der Waals surface area contributed by atoms with Crippen LogP contribution in [0.3, 0.4) is 0 Å². The molecular weight excluding hydrogens is 318 g/mol. The Kier molecular flexibility index (Phi) is 3.80. The second-order valence-electron chi connectivity index (χ2n) is 6.27. The number of para-hydroxylation sites is 3. The van der Waals surface area contributed by atoms with E-state index in [2.05, 4.69) is 5.32 Å². The van der Waals surface area contributed by atoms with E-state index in [-0.39, 0.29) is 24.2 Å². The van der Waals surface area contributed by atoms with Gasteiger partial charge in [-0.25, -0.2) is 4.79 Å². The van der Waals surface area contributed by atoms with Gasteiger partial charge in [0, 0.05) is 13.5 Å². The van der Waals surface area contributed by atoms with Gasteiger partial charge in [-0.1, -0.05) is 30.3 Å². The number of aromatic nitrogens is 2. The number of hydrogen-bond donors (Lipinski definition) is 1. The highest BCUT2D eigenvalue weighted by atomic mass is 16.5. The molecule has 4 rings (SSSR count). The number of nitrogens with zero attached hydrogens (tertiary/aromatic N) is 2. The van der Waals surface area contributed by atoms with Gasteiger partial charge in [-0.2, -0.15) is 0 Å². The Balaban J connectivity index is 1.42. The molecule has 1 aliphatic heterocycles. The Hall–Kier alpha value is -3.02. The maximum absolute atomic E-state index is 12.4. The molecule has 0 spiro atoms. The molecule has 1 aliphatic rings. The van der Waals surface area contributed by atoms with Crippen LogP contribution < -0.4 is 15.7 Å². The molecular formula is C19H19N3O3. The fraction of sp³-hybridized carbons (Fsp3) is 0.263. The second-order valence-corrected chi connectivity index (χ2v) is 6.27. The molecule has 0 saturated heterocycles. The number of benzene rings is 2. The summed E-state index contributed by atoms with van der Waals surface area (Å²) in [5.41, 5.74) is 2.54. The predicted octanol–water partition coefficient (Wildman–Crippen LogP) is 1.46. The van der Waals surface area contributed by atoms with Crippen molar-refractivity contribution >= 4 is 16.9 Å². The van der Waals surface area contributed by atoms with Crippen LogP contribution in [0.1, 0.15) is 5.56 Å². The number of ether oxygens (including phenoxy) is 1. The third-order valence-corrected chi connectivity index (χ3v) is 4.59. The first kappa shape index (κ1) is 15.5. The minimum Gasteiger partial charge on any atom is -0.488 e. The molecule has 25 heavy (non-hydrogen) atoms. The predicted molar refractivity (Wildman–Crippen MR) is 94.8 cm³/mol. The van der Waals surface area contributed by atoms with Crippen LogP contribution in [-0.2, 0) is 24.8 Å². The van der Waals surface area contributed by atoms with Crippen LogP contribution in [0.2, 0.25) is 0 Å². The Morgan fingerprint density at radius 2 is 1.88 bits per heavy atom. The summed E-state index contributed by atoms with van der Waals surface area (Å²) in [6, 6.07) is 15.3. The summed E-state index contributed by atoms with van der Waals surface area (Å²) < 4.78 is 8.87. The largest absolute Gasteiger partial charge is 0.488 e. The number of amides is 1. The lowest BCUT2D eigenvalue weighted by Crippen LogP contribution is -2.38. The summed E-state index contributed by atoms with van der Waals surface area (Å²) in [7, 11) is 1.71. The van der Waals surface area contributed by atoms with Gasteiger partial charge >= 0.3 is 5.69 Å². The third-order valence-electron chi connectivity index (χ3n) is 4.59. The lowest BCUT2D eigenvalue weighted by molar-refractivity contribution is -0.122. The second kappa shape index (κ2) is 6.12.